The number of amides is 2. The molecule has 0 unspecified atom stereocenters. The first-order chi connectivity index (χ1) is 12.3. The number of aryl methyl sites for hydroxylation is 2. The SMILES string of the molecule is Cc1noc(C)c1C(C)(C)C(=O)N1CCN(C(=O)Cn2cnnn2)CC1. The summed E-state index contributed by atoms with van der Waals surface area (Å²) in [7, 11) is 0. The zero-order chi connectivity index (χ0) is 18.9. The predicted molar refractivity (Wildman–Crippen MR) is 90.0 cm³/mol. The van der Waals surface area contributed by atoms with E-state index < -0.39 is 5.41 Å². The summed E-state index contributed by atoms with van der Waals surface area (Å²) in [5.41, 5.74) is 0.836. The highest BCUT2D eigenvalue weighted by molar-refractivity contribution is 5.88. The van der Waals surface area contributed by atoms with E-state index in [1.54, 1.807) is 9.80 Å². The molecule has 0 radical (unpaired) electrons. The number of aromatic nitrogens is 5. The van der Waals surface area contributed by atoms with Crippen molar-refractivity contribution in [3.8, 4) is 0 Å². The van der Waals surface area contributed by atoms with Crippen molar-refractivity contribution in [2.45, 2.75) is 39.7 Å². The Morgan fingerprint density at radius 2 is 1.81 bits per heavy atom. The van der Waals surface area contributed by atoms with Gasteiger partial charge in [0.05, 0.1) is 11.1 Å². The van der Waals surface area contributed by atoms with Gasteiger partial charge in [0.15, 0.2) is 0 Å². The van der Waals surface area contributed by atoms with Gasteiger partial charge in [-0.1, -0.05) is 5.16 Å². The molecule has 1 aliphatic rings. The lowest BCUT2D eigenvalue weighted by Crippen LogP contribution is -2.54. The summed E-state index contributed by atoms with van der Waals surface area (Å²) in [6.45, 7) is 9.50. The summed E-state index contributed by atoms with van der Waals surface area (Å²) in [6, 6.07) is 0. The van der Waals surface area contributed by atoms with E-state index in [-0.39, 0.29) is 18.4 Å². The van der Waals surface area contributed by atoms with Crippen molar-refractivity contribution in [3.63, 3.8) is 0 Å². The van der Waals surface area contributed by atoms with Gasteiger partial charge in [-0.2, -0.15) is 0 Å². The Hall–Kier alpha value is -2.78. The summed E-state index contributed by atoms with van der Waals surface area (Å²) in [6.07, 6.45) is 1.41. The second-order valence-electron chi connectivity index (χ2n) is 7.00. The second-order valence-corrected chi connectivity index (χ2v) is 7.00. The van der Waals surface area contributed by atoms with Gasteiger partial charge in [0, 0.05) is 31.7 Å². The Balaban J connectivity index is 1.62. The van der Waals surface area contributed by atoms with Crippen LogP contribution in [0.25, 0.3) is 0 Å². The molecule has 0 spiro atoms. The largest absolute Gasteiger partial charge is 0.361 e. The smallest absolute Gasteiger partial charge is 0.244 e. The molecule has 2 aromatic heterocycles. The average molecular weight is 361 g/mol. The summed E-state index contributed by atoms with van der Waals surface area (Å²) in [5, 5.41) is 14.7. The number of rotatable bonds is 4. The van der Waals surface area contributed by atoms with Crippen LogP contribution >= 0.6 is 0 Å². The van der Waals surface area contributed by atoms with Gasteiger partial charge in [0.2, 0.25) is 11.8 Å². The fourth-order valence-electron chi connectivity index (χ4n) is 3.53. The average Bonchev–Trinajstić information content (AvgIpc) is 3.24. The van der Waals surface area contributed by atoms with Crippen LogP contribution < -0.4 is 0 Å². The summed E-state index contributed by atoms with van der Waals surface area (Å²) >= 11 is 0. The minimum Gasteiger partial charge on any atom is -0.361 e. The summed E-state index contributed by atoms with van der Waals surface area (Å²) < 4.78 is 6.61. The van der Waals surface area contributed by atoms with Crippen LogP contribution in [0.5, 0.6) is 0 Å². The van der Waals surface area contributed by atoms with E-state index in [2.05, 4.69) is 20.7 Å². The molecule has 2 amide bonds. The molecule has 0 aliphatic carbocycles. The van der Waals surface area contributed by atoms with Crippen LogP contribution in [0.3, 0.4) is 0 Å². The molecule has 3 heterocycles. The van der Waals surface area contributed by atoms with Crippen LogP contribution in [0.15, 0.2) is 10.9 Å². The molecule has 0 saturated carbocycles. The zero-order valence-corrected chi connectivity index (χ0v) is 15.5. The van der Waals surface area contributed by atoms with Crippen molar-refractivity contribution in [2.75, 3.05) is 26.2 Å². The van der Waals surface area contributed by atoms with Gasteiger partial charge in [0.1, 0.15) is 18.6 Å². The minimum atomic E-state index is -0.729. The number of nitrogens with zero attached hydrogens (tertiary/aromatic N) is 7. The van der Waals surface area contributed by atoms with Gasteiger partial charge < -0.3 is 14.3 Å². The molecular formula is C16H23N7O3. The predicted octanol–water partition coefficient (Wildman–Crippen LogP) is -0.0735. The van der Waals surface area contributed by atoms with Crippen molar-refractivity contribution in [1.29, 1.82) is 0 Å². The normalized spacial score (nSPS) is 15.4. The Labute approximate surface area is 151 Å². The highest BCUT2D eigenvalue weighted by atomic mass is 16.5. The topological polar surface area (TPSA) is 110 Å². The molecule has 1 fully saturated rings. The maximum Gasteiger partial charge on any atom is 0.244 e. The minimum absolute atomic E-state index is 0.0134. The molecule has 0 aromatic carbocycles. The van der Waals surface area contributed by atoms with Gasteiger partial charge in [-0.15, -0.1) is 5.10 Å². The number of piperazine rings is 1. The van der Waals surface area contributed by atoms with E-state index in [0.717, 1.165) is 11.3 Å². The van der Waals surface area contributed by atoms with Gasteiger partial charge in [-0.25, -0.2) is 4.68 Å². The number of carbonyl (C=O) groups is 2. The van der Waals surface area contributed by atoms with Gasteiger partial charge >= 0.3 is 0 Å². The Bertz CT molecular complexity index is 769. The molecule has 1 saturated heterocycles. The molecule has 10 nitrogen and oxygen atoms in total. The monoisotopic (exact) mass is 361 g/mol. The van der Waals surface area contributed by atoms with Crippen molar-refractivity contribution < 1.29 is 14.1 Å². The van der Waals surface area contributed by atoms with Gasteiger partial charge in [-0.05, 0) is 38.1 Å². The van der Waals surface area contributed by atoms with Crippen LogP contribution in [-0.4, -0.2) is 73.2 Å². The molecule has 10 heteroatoms. The lowest BCUT2D eigenvalue weighted by molar-refractivity contribution is -0.143. The standard InChI is InChI=1S/C16H23N7O3/c1-11-14(12(2)26-18-11)16(3,4)15(25)22-7-5-21(6-8-22)13(24)9-23-10-17-19-20-23/h10H,5-9H2,1-4H3. The van der Waals surface area contributed by atoms with Crippen molar-refractivity contribution in [3.05, 3.63) is 23.3 Å². The molecule has 0 atom stereocenters. The number of carbonyl (C=O) groups excluding carboxylic acids is 2. The van der Waals surface area contributed by atoms with Crippen molar-refractivity contribution in [1.82, 2.24) is 35.2 Å². The first kappa shape index (κ1) is 18.0. The summed E-state index contributed by atoms with van der Waals surface area (Å²) in [4.78, 5) is 28.9. The van der Waals surface area contributed by atoms with Crippen LogP contribution in [0, 0.1) is 13.8 Å². The van der Waals surface area contributed by atoms with E-state index in [4.69, 9.17) is 4.52 Å². The highest BCUT2D eigenvalue weighted by Crippen LogP contribution is 2.31. The molecule has 26 heavy (non-hydrogen) atoms. The molecule has 3 rings (SSSR count). The Morgan fingerprint density at radius 1 is 1.15 bits per heavy atom. The van der Waals surface area contributed by atoms with Crippen molar-refractivity contribution >= 4 is 11.8 Å². The fraction of sp³-hybridized carbons (Fsp3) is 0.625. The third-order valence-electron chi connectivity index (χ3n) is 4.80. The Morgan fingerprint density at radius 3 is 2.35 bits per heavy atom. The molecular weight excluding hydrogens is 338 g/mol. The second kappa shape index (κ2) is 6.85. The first-order valence-corrected chi connectivity index (χ1v) is 8.52. The fourth-order valence-corrected chi connectivity index (χ4v) is 3.53. The number of tetrazole rings is 1. The van der Waals surface area contributed by atoms with E-state index in [1.807, 2.05) is 27.7 Å². The number of hydrogen-bond donors (Lipinski definition) is 0. The maximum absolute atomic E-state index is 13.1. The van der Waals surface area contributed by atoms with Crippen LogP contribution in [-0.2, 0) is 21.5 Å². The lowest BCUT2D eigenvalue weighted by atomic mass is 9.81. The number of hydrogen-bond acceptors (Lipinski definition) is 7. The summed E-state index contributed by atoms with van der Waals surface area (Å²) in [5.74, 6) is 0.616. The van der Waals surface area contributed by atoms with E-state index in [0.29, 0.717) is 31.9 Å². The molecule has 0 bridgehead atoms. The van der Waals surface area contributed by atoms with E-state index in [9.17, 15) is 9.59 Å². The van der Waals surface area contributed by atoms with Crippen LogP contribution in [0.1, 0.15) is 30.9 Å². The molecule has 0 N–H and O–H groups in total. The van der Waals surface area contributed by atoms with Crippen LogP contribution in [0.2, 0.25) is 0 Å². The van der Waals surface area contributed by atoms with Crippen LogP contribution in [0.4, 0.5) is 0 Å². The molecule has 2 aromatic rings. The van der Waals surface area contributed by atoms with Gasteiger partial charge in [0.25, 0.3) is 0 Å². The lowest BCUT2D eigenvalue weighted by Gasteiger charge is -2.38. The van der Waals surface area contributed by atoms with E-state index >= 15 is 0 Å². The zero-order valence-electron chi connectivity index (χ0n) is 15.5. The maximum atomic E-state index is 13.1. The molecule has 1 aliphatic heterocycles. The molecule has 140 valence electrons. The Kier molecular flexibility index (Phi) is 4.75. The van der Waals surface area contributed by atoms with Gasteiger partial charge in [-0.3, -0.25) is 9.59 Å². The van der Waals surface area contributed by atoms with E-state index in [1.165, 1.54) is 11.0 Å². The first-order valence-electron chi connectivity index (χ1n) is 8.52. The third-order valence-corrected chi connectivity index (χ3v) is 4.80. The highest BCUT2D eigenvalue weighted by Gasteiger charge is 2.39. The quantitative estimate of drug-likeness (QED) is 0.749. The van der Waals surface area contributed by atoms with Crippen molar-refractivity contribution in [2.24, 2.45) is 0 Å². The third kappa shape index (κ3) is 3.31.